The summed E-state index contributed by atoms with van der Waals surface area (Å²) in [5.74, 6) is -0.364. The van der Waals surface area contributed by atoms with E-state index >= 15 is 0 Å². The minimum absolute atomic E-state index is 0.346. The third-order valence-corrected chi connectivity index (χ3v) is 3.69. The maximum atomic E-state index is 13.0. The second kappa shape index (κ2) is 6.00. The normalized spacial score (nSPS) is 18.9. The molecule has 106 valence electrons. The molecule has 0 saturated carbocycles. The highest BCUT2D eigenvalue weighted by Gasteiger charge is 2.34. The molecule has 1 aromatic rings. The molecule has 0 radical (unpaired) electrons. The molecule has 0 N–H and O–H groups in total. The van der Waals surface area contributed by atoms with Crippen molar-refractivity contribution in [2.24, 2.45) is 0 Å². The molecular weight excluding hydrogens is 262 g/mol. The van der Waals surface area contributed by atoms with Crippen molar-refractivity contribution in [2.75, 3.05) is 6.54 Å². The van der Waals surface area contributed by atoms with E-state index in [0.29, 0.717) is 29.7 Å². The summed E-state index contributed by atoms with van der Waals surface area (Å²) in [4.78, 5) is 13.7. The number of piperidine rings is 1. The number of carbonyl (C=O) groups is 1. The van der Waals surface area contributed by atoms with E-state index in [1.165, 1.54) is 4.90 Å². The van der Waals surface area contributed by atoms with Crippen LogP contribution < -0.4 is 0 Å². The number of nitrogens with zero attached hydrogens (tertiary/aromatic N) is 2. The van der Waals surface area contributed by atoms with E-state index in [-0.39, 0.29) is 5.91 Å². The second-order valence-electron chi connectivity index (χ2n) is 5.04. The average Bonchev–Trinajstić information content (AvgIpc) is 2.46. The van der Waals surface area contributed by atoms with Crippen molar-refractivity contribution in [1.82, 2.24) is 4.90 Å². The predicted molar refractivity (Wildman–Crippen MR) is 70.6 cm³/mol. The standard InChI is InChI=1S/C15H16F2N2O/c1-10-8-11(9-18)5-6-12(10)15(20)19-7-3-2-4-13(19)14(16)17/h5-6,8,13-14H,2-4,7H2,1H3. The van der Waals surface area contributed by atoms with Crippen LogP contribution in [0.4, 0.5) is 8.78 Å². The Hall–Kier alpha value is -1.96. The molecule has 0 bridgehead atoms. The number of hydrogen-bond donors (Lipinski definition) is 0. The SMILES string of the molecule is Cc1cc(C#N)ccc1C(=O)N1CCCCC1C(F)F. The van der Waals surface area contributed by atoms with Gasteiger partial charge in [-0.15, -0.1) is 0 Å². The van der Waals surface area contributed by atoms with Gasteiger partial charge in [-0.05, 0) is 49.9 Å². The minimum atomic E-state index is -2.52. The maximum absolute atomic E-state index is 13.0. The Balaban J connectivity index is 2.28. The second-order valence-corrected chi connectivity index (χ2v) is 5.04. The fourth-order valence-corrected chi connectivity index (χ4v) is 2.60. The molecule has 0 spiro atoms. The molecule has 1 aliphatic rings. The first-order valence-corrected chi connectivity index (χ1v) is 6.64. The molecule has 0 aliphatic carbocycles. The molecule has 20 heavy (non-hydrogen) atoms. The van der Waals surface area contributed by atoms with Gasteiger partial charge in [0.25, 0.3) is 12.3 Å². The van der Waals surface area contributed by atoms with Crippen LogP contribution in [0.25, 0.3) is 0 Å². The summed E-state index contributed by atoms with van der Waals surface area (Å²) < 4.78 is 26.1. The molecule has 1 aliphatic heterocycles. The zero-order valence-corrected chi connectivity index (χ0v) is 11.3. The van der Waals surface area contributed by atoms with E-state index in [1.54, 1.807) is 25.1 Å². The van der Waals surface area contributed by atoms with Crippen molar-refractivity contribution in [3.05, 3.63) is 34.9 Å². The molecule has 1 amide bonds. The summed E-state index contributed by atoms with van der Waals surface area (Å²) >= 11 is 0. The first-order chi connectivity index (χ1) is 9.54. The number of nitriles is 1. The van der Waals surface area contributed by atoms with Crippen molar-refractivity contribution in [1.29, 1.82) is 5.26 Å². The lowest BCUT2D eigenvalue weighted by Crippen LogP contribution is -2.47. The van der Waals surface area contributed by atoms with Gasteiger partial charge in [0.05, 0.1) is 17.7 Å². The number of alkyl halides is 2. The Labute approximate surface area is 116 Å². The van der Waals surface area contributed by atoms with Gasteiger partial charge in [0.15, 0.2) is 0 Å². The molecule has 3 nitrogen and oxygen atoms in total. The molecule has 5 heteroatoms. The van der Waals surface area contributed by atoms with Crippen LogP contribution in [0.5, 0.6) is 0 Å². The smallest absolute Gasteiger partial charge is 0.258 e. The summed E-state index contributed by atoms with van der Waals surface area (Å²) in [7, 11) is 0. The Morgan fingerprint density at radius 3 is 2.80 bits per heavy atom. The fourth-order valence-electron chi connectivity index (χ4n) is 2.60. The van der Waals surface area contributed by atoms with Crippen molar-refractivity contribution < 1.29 is 13.6 Å². The van der Waals surface area contributed by atoms with Gasteiger partial charge >= 0.3 is 0 Å². The zero-order chi connectivity index (χ0) is 14.7. The first kappa shape index (κ1) is 14.4. The largest absolute Gasteiger partial charge is 0.330 e. The van der Waals surface area contributed by atoms with Crippen LogP contribution in [-0.2, 0) is 0 Å². The highest BCUT2D eigenvalue weighted by molar-refractivity contribution is 5.96. The molecule has 1 atom stereocenters. The molecule has 1 aromatic carbocycles. The van der Waals surface area contributed by atoms with Crippen molar-refractivity contribution >= 4 is 5.91 Å². The van der Waals surface area contributed by atoms with Gasteiger partial charge in [-0.25, -0.2) is 8.78 Å². The molecule has 0 aromatic heterocycles. The summed E-state index contributed by atoms with van der Waals surface area (Å²) in [6.45, 7) is 2.09. The van der Waals surface area contributed by atoms with Crippen LogP contribution in [0, 0.1) is 18.3 Å². The topological polar surface area (TPSA) is 44.1 Å². The van der Waals surface area contributed by atoms with Crippen LogP contribution in [0.2, 0.25) is 0 Å². The van der Waals surface area contributed by atoms with Crippen molar-refractivity contribution in [3.63, 3.8) is 0 Å². The van der Waals surface area contributed by atoms with Gasteiger partial charge in [-0.1, -0.05) is 0 Å². The number of rotatable bonds is 2. The van der Waals surface area contributed by atoms with E-state index in [4.69, 9.17) is 5.26 Å². The van der Waals surface area contributed by atoms with Gasteiger partial charge in [-0.3, -0.25) is 4.79 Å². The number of hydrogen-bond acceptors (Lipinski definition) is 2. The molecule has 1 saturated heterocycles. The Kier molecular flexibility index (Phi) is 4.33. The number of likely N-dealkylation sites (tertiary alicyclic amines) is 1. The number of carbonyl (C=O) groups excluding carboxylic acids is 1. The van der Waals surface area contributed by atoms with Gasteiger partial charge < -0.3 is 4.90 Å². The fraction of sp³-hybridized carbons (Fsp3) is 0.467. The van der Waals surface area contributed by atoms with E-state index in [2.05, 4.69) is 0 Å². The van der Waals surface area contributed by atoms with Crippen LogP contribution in [-0.4, -0.2) is 29.8 Å². The summed E-state index contributed by atoms with van der Waals surface area (Å²) in [6.07, 6.45) is -0.688. The van der Waals surface area contributed by atoms with Crippen molar-refractivity contribution in [2.45, 2.75) is 38.7 Å². The maximum Gasteiger partial charge on any atom is 0.258 e. The third kappa shape index (κ3) is 2.79. The Bertz CT molecular complexity index is 551. The molecule has 2 rings (SSSR count). The summed E-state index contributed by atoms with van der Waals surface area (Å²) in [6, 6.07) is 5.70. The minimum Gasteiger partial charge on any atom is -0.330 e. The van der Waals surface area contributed by atoms with Crippen LogP contribution in [0.1, 0.15) is 40.7 Å². The quantitative estimate of drug-likeness (QED) is 0.834. The number of benzene rings is 1. The Morgan fingerprint density at radius 1 is 1.45 bits per heavy atom. The third-order valence-electron chi connectivity index (χ3n) is 3.69. The molecule has 1 unspecified atom stereocenters. The molecule has 1 fully saturated rings. The van der Waals surface area contributed by atoms with Gasteiger partial charge in [0, 0.05) is 12.1 Å². The van der Waals surface area contributed by atoms with Crippen LogP contribution >= 0.6 is 0 Å². The van der Waals surface area contributed by atoms with Crippen LogP contribution in [0.3, 0.4) is 0 Å². The summed E-state index contributed by atoms with van der Waals surface area (Å²) in [5, 5.41) is 8.81. The Morgan fingerprint density at radius 2 is 2.20 bits per heavy atom. The summed E-state index contributed by atoms with van der Waals surface area (Å²) in [5.41, 5.74) is 1.51. The highest BCUT2D eigenvalue weighted by Crippen LogP contribution is 2.25. The lowest BCUT2D eigenvalue weighted by atomic mass is 9.99. The van der Waals surface area contributed by atoms with Crippen LogP contribution in [0.15, 0.2) is 18.2 Å². The monoisotopic (exact) mass is 278 g/mol. The van der Waals surface area contributed by atoms with E-state index < -0.39 is 12.5 Å². The molecule has 1 heterocycles. The number of amides is 1. The highest BCUT2D eigenvalue weighted by atomic mass is 19.3. The molecular formula is C15H16F2N2O. The number of aryl methyl sites for hydroxylation is 1. The van der Waals surface area contributed by atoms with Crippen molar-refractivity contribution in [3.8, 4) is 6.07 Å². The average molecular weight is 278 g/mol. The van der Waals surface area contributed by atoms with E-state index in [9.17, 15) is 13.6 Å². The first-order valence-electron chi connectivity index (χ1n) is 6.64. The van der Waals surface area contributed by atoms with Gasteiger partial charge in [0.1, 0.15) is 0 Å². The lowest BCUT2D eigenvalue weighted by molar-refractivity contribution is 0.00680. The van der Waals surface area contributed by atoms with Gasteiger partial charge in [-0.2, -0.15) is 5.26 Å². The van der Waals surface area contributed by atoms with Gasteiger partial charge in [0.2, 0.25) is 0 Å². The zero-order valence-electron chi connectivity index (χ0n) is 11.3. The lowest BCUT2D eigenvalue weighted by Gasteiger charge is -2.35. The predicted octanol–water partition coefficient (Wildman–Crippen LogP) is 3.13. The van der Waals surface area contributed by atoms with E-state index in [1.807, 2.05) is 6.07 Å². The van der Waals surface area contributed by atoms with E-state index in [0.717, 1.165) is 12.8 Å². The number of halogens is 2.